The first kappa shape index (κ1) is 15.7. The molecule has 0 bridgehead atoms. The van der Waals surface area contributed by atoms with E-state index in [-0.39, 0.29) is 17.9 Å². The Hall–Kier alpha value is -1.36. The predicted octanol–water partition coefficient (Wildman–Crippen LogP) is 1.65. The number of hydrogen-bond donors (Lipinski definition) is 2. The summed E-state index contributed by atoms with van der Waals surface area (Å²) >= 11 is 0. The number of hydrogen-bond acceptors (Lipinski definition) is 3. The molecule has 108 valence electrons. The Morgan fingerprint density at radius 1 is 1.47 bits per heavy atom. The van der Waals surface area contributed by atoms with E-state index in [4.69, 9.17) is 5.11 Å². The third kappa shape index (κ3) is 3.56. The maximum absolute atomic E-state index is 12.1. The van der Waals surface area contributed by atoms with Crippen LogP contribution in [-0.2, 0) is 7.05 Å². The summed E-state index contributed by atoms with van der Waals surface area (Å²) in [5.74, 6) is -0.0881. The van der Waals surface area contributed by atoms with Gasteiger partial charge in [0.1, 0.15) is 0 Å². The first-order chi connectivity index (χ1) is 8.99. The molecule has 19 heavy (non-hydrogen) atoms. The van der Waals surface area contributed by atoms with Crippen LogP contribution in [0.3, 0.4) is 0 Å². The van der Waals surface area contributed by atoms with Gasteiger partial charge in [0.15, 0.2) is 0 Å². The zero-order valence-electron chi connectivity index (χ0n) is 12.4. The number of rotatable bonds is 7. The number of nitrogens with one attached hydrogen (secondary N) is 1. The van der Waals surface area contributed by atoms with Crippen molar-refractivity contribution in [1.82, 2.24) is 15.1 Å². The zero-order valence-corrected chi connectivity index (χ0v) is 12.4. The summed E-state index contributed by atoms with van der Waals surface area (Å²) in [7, 11) is 1.82. The van der Waals surface area contributed by atoms with Crippen molar-refractivity contribution in [3.63, 3.8) is 0 Å². The SMILES string of the molecule is CCC(CC)(CCO)CNC(=O)c1cnn(C)c1C. The molecule has 0 aliphatic carbocycles. The molecule has 2 N–H and O–H groups in total. The molecular weight excluding hydrogens is 242 g/mol. The number of aryl methyl sites for hydroxylation is 1. The fourth-order valence-corrected chi connectivity index (χ4v) is 2.26. The highest BCUT2D eigenvalue weighted by Gasteiger charge is 2.26. The molecule has 5 nitrogen and oxygen atoms in total. The molecule has 1 rings (SSSR count). The molecule has 0 saturated carbocycles. The van der Waals surface area contributed by atoms with Gasteiger partial charge in [-0.2, -0.15) is 5.10 Å². The van der Waals surface area contributed by atoms with E-state index in [0.717, 1.165) is 18.5 Å². The van der Waals surface area contributed by atoms with Crippen LogP contribution in [0.25, 0.3) is 0 Å². The van der Waals surface area contributed by atoms with Gasteiger partial charge in [-0.1, -0.05) is 13.8 Å². The smallest absolute Gasteiger partial charge is 0.254 e. The maximum atomic E-state index is 12.1. The topological polar surface area (TPSA) is 67.2 Å². The number of aliphatic hydroxyl groups is 1. The lowest BCUT2D eigenvalue weighted by molar-refractivity contribution is 0.0906. The molecule has 0 aliphatic rings. The molecule has 0 aromatic carbocycles. The summed E-state index contributed by atoms with van der Waals surface area (Å²) in [6, 6.07) is 0. The summed E-state index contributed by atoms with van der Waals surface area (Å²) in [5.41, 5.74) is 1.46. The highest BCUT2D eigenvalue weighted by molar-refractivity contribution is 5.95. The van der Waals surface area contributed by atoms with E-state index >= 15 is 0 Å². The van der Waals surface area contributed by atoms with Gasteiger partial charge in [0.25, 0.3) is 5.91 Å². The van der Waals surface area contributed by atoms with Crippen LogP contribution >= 0.6 is 0 Å². The second-order valence-electron chi connectivity index (χ2n) is 5.13. The molecule has 1 amide bonds. The minimum absolute atomic E-state index is 0.0134. The van der Waals surface area contributed by atoms with Gasteiger partial charge in [0, 0.05) is 25.9 Å². The molecule has 1 heterocycles. The average molecular weight is 267 g/mol. The minimum Gasteiger partial charge on any atom is -0.396 e. The van der Waals surface area contributed by atoms with Gasteiger partial charge in [-0.15, -0.1) is 0 Å². The van der Waals surface area contributed by atoms with Crippen molar-refractivity contribution in [2.75, 3.05) is 13.2 Å². The molecule has 1 aromatic rings. The van der Waals surface area contributed by atoms with E-state index < -0.39 is 0 Å². The molecule has 5 heteroatoms. The molecule has 1 aromatic heterocycles. The number of aliphatic hydroxyl groups excluding tert-OH is 1. The van der Waals surface area contributed by atoms with E-state index in [2.05, 4.69) is 24.3 Å². The van der Waals surface area contributed by atoms with Crippen LogP contribution in [0.2, 0.25) is 0 Å². The Morgan fingerprint density at radius 3 is 2.53 bits per heavy atom. The van der Waals surface area contributed by atoms with Gasteiger partial charge in [-0.3, -0.25) is 9.48 Å². The molecular formula is C14H25N3O2. The van der Waals surface area contributed by atoms with Gasteiger partial charge in [0.05, 0.1) is 11.8 Å². The molecule has 0 spiro atoms. The lowest BCUT2D eigenvalue weighted by Gasteiger charge is -2.31. The fraction of sp³-hybridized carbons (Fsp3) is 0.714. The molecule has 0 aliphatic heterocycles. The summed E-state index contributed by atoms with van der Waals surface area (Å²) in [5, 5.41) is 16.2. The third-order valence-corrected chi connectivity index (χ3v) is 4.25. The quantitative estimate of drug-likeness (QED) is 0.789. The Balaban J connectivity index is 2.69. The average Bonchev–Trinajstić information content (AvgIpc) is 2.75. The Labute approximate surface area is 115 Å². The summed E-state index contributed by atoms with van der Waals surface area (Å²) in [4.78, 5) is 12.1. The van der Waals surface area contributed by atoms with Crippen LogP contribution in [0, 0.1) is 12.3 Å². The lowest BCUT2D eigenvalue weighted by atomic mass is 9.79. The van der Waals surface area contributed by atoms with E-state index in [1.54, 1.807) is 10.9 Å². The number of aromatic nitrogens is 2. The Bertz CT molecular complexity index is 422. The molecule has 0 fully saturated rings. The second-order valence-corrected chi connectivity index (χ2v) is 5.13. The van der Waals surface area contributed by atoms with Gasteiger partial charge in [-0.05, 0) is 31.6 Å². The van der Waals surface area contributed by atoms with Crippen LogP contribution in [0.4, 0.5) is 0 Å². The minimum atomic E-state index is -0.0881. The van der Waals surface area contributed by atoms with Crippen LogP contribution in [0.15, 0.2) is 6.20 Å². The van der Waals surface area contributed by atoms with Gasteiger partial charge < -0.3 is 10.4 Å². The van der Waals surface area contributed by atoms with Crippen LogP contribution in [0.5, 0.6) is 0 Å². The molecule has 0 radical (unpaired) electrons. The van der Waals surface area contributed by atoms with Crippen LogP contribution < -0.4 is 5.32 Å². The largest absolute Gasteiger partial charge is 0.396 e. The first-order valence-electron chi connectivity index (χ1n) is 6.87. The van der Waals surface area contributed by atoms with Crippen LogP contribution in [0.1, 0.15) is 49.2 Å². The number of carbonyl (C=O) groups excluding carboxylic acids is 1. The second kappa shape index (κ2) is 6.70. The van der Waals surface area contributed by atoms with E-state index in [1.807, 2.05) is 14.0 Å². The summed E-state index contributed by atoms with van der Waals surface area (Å²) in [6.07, 6.45) is 4.19. The summed E-state index contributed by atoms with van der Waals surface area (Å²) < 4.78 is 1.69. The first-order valence-corrected chi connectivity index (χ1v) is 6.87. The van der Waals surface area contributed by atoms with Crippen molar-refractivity contribution in [3.8, 4) is 0 Å². The molecule has 0 atom stereocenters. The van der Waals surface area contributed by atoms with Gasteiger partial charge in [0.2, 0.25) is 0 Å². The lowest BCUT2D eigenvalue weighted by Crippen LogP contribution is -2.37. The van der Waals surface area contributed by atoms with Crippen molar-refractivity contribution < 1.29 is 9.90 Å². The molecule has 0 saturated heterocycles. The fourth-order valence-electron chi connectivity index (χ4n) is 2.26. The monoisotopic (exact) mass is 267 g/mol. The molecule has 0 unspecified atom stereocenters. The normalized spacial score (nSPS) is 11.6. The van der Waals surface area contributed by atoms with E-state index in [0.29, 0.717) is 18.5 Å². The standard InChI is InChI=1S/C14H25N3O2/c1-5-14(6-2,7-8-18)10-15-13(19)12-9-16-17(4)11(12)3/h9,18H,5-8,10H2,1-4H3,(H,15,19). The zero-order chi connectivity index (χ0) is 14.5. The Kier molecular flexibility index (Phi) is 5.54. The van der Waals surface area contributed by atoms with Crippen molar-refractivity contribution in [2.24, 2.45) is 12.5 Å². The summed E-state index contributed by atoms with van der Waals surface area (Å²) in [6.45, 7) is 6.82. The number of amides is 1. The van der Waals surface area contributed by atoms with Crippen LogP contribution in [-0.4, -0.2) is 33.9 Å². The van der Waals surface area contributed by atoms with Crippen molar-refractivity contribution in [1.29, 1.82) is 0 Å². The van der Waals surface area contributed by atoms with Gasteiger partial charge in [-0.25, -0.2) is 0 Å². The van der Waals surface area contributed by atoms with E-state index in [1.165, 1.54) is 0 Å². The number of carbonyl (C=O) groups is 1. The highest BCUT2D eigenvalue weighted by atomic mass is 16.3. The third-order valence-electron chi connectivity index (χ3n) is 4.25. The van der Waals surface area contributed by atoms with Crippen molar-refractivity contribution >= 4 is 5.91 Å². The number of nitrogens with zero attached hydrogens (tertiary/aromatic N) is 2. The Morgan fingerprint density at radius 2 is 2.11 bits per heavy atom. The van der Waals surface area contributed by atoms with E-state index in [9.17, 15) is 4.79 Å². The predicted molar refractivity (Wildman–Crippen MR) is 75.0 cm³/mol. The van der Waals surface area contributed by atoms with Crippen molar-refractivity contribution in [2.45, 2.75) is 40.0 Å². The van der Waals surface area contributed by atoms with Gasteiger partial charge >= 0.3 is 0 Å². The maximum Gasteiger partial charge on any atom is 0.254 e. The highest BCUT2D eigenvalue weighted by Crippen LogP contribution is 2.29. The van der Waals surface area contributed by atoms with Crippen molar-refractivity contribution in [3.05, 3.63) is 17.5 Å².